The quantitative estimate of drug-likeness (QED) is 0.805. The molecule has 1 atom stereocenters. The first kappa shape index (κ1) is 20.1. The van der Waals surface area contributed by atoms with Gasteiger partial charge in [0.25, 0.3) is 5.56 Å². The first-order valence-electron chi connectivity index (χ1n) is 7.96. The van der Waals surface area contributed by atoms with Gasteiger partial charge < -0.3 is 5.11 Å². The molecule has 0 radical (unpaired) electrons. The highest BCUT2D eigenvalue weighted by molar-refractivity contribution is 7.99. The van der Waals surface area contributed by atoms with E-state index in [-0.39, 0.29) is 36.5 Å². The van der Waals surface area contributed by atoms with E-state index in [4.69, 9.17) is 0 Å². The summed E-state index contributed by atoms with van der Waals surface area (Å²) in [6.45, 7) is 6.42. The Morgan fingerprint density at radius 2 is 2.04 bits per heavy atom. The largest absolute Gasteiger partial charge is 0.396 e. The maximum atomic E-state index is 12.7. The molecular weight excluding hydrogens is 350 g/mol. The zero-order valence-corrected chi connectivity index (χ0v) is 15.2. The monoisotopic (exact) mass is 373 g/mol. The Kier molecular flexibility index (Phi) is 5.84. The van der Waals surface area contributed by atoms with Crippen LogP contribution in [0.15, 0.2) is 22.3 Å². The fraction of sp³-hybridized carbons (Fsp3) is 0.500. The van der Waals surface area contributed by atoms with E-state index in [0.29, 0.717) is 34.5 Å². The van der Waals surface area contributed by atoms with Gasteiger partial charge >= 0.3 is 0 Å². The Hall–Kier alpha value is -2.24. The van der Waals surface area contributed by atoms with E-state index in [1.54, 1.807) is 12.4 Å². The summed E-state index contributed by atoms with van der Waals surface area (Å²) in [5.74, 6) is 1.36. The Labute approximate surface area is 157 Å². The van der Waals surface area contributed by atoms with Gasteiger partial charge in [0.2, 0.25) is 0 Å². The topological polar surface area (TPSA) is 105 Å². The van der Waals surface area contributed by atoms with Crippen molar-refractivity contribution in [3.63, 3.8) is 0 Å². The molecule has 3 rings (SSSR count). The lowest BCUT2D eigenvalue weighted by atomic mass is 9.95. The van der Waals surface area contributed by atoms with Crippen LogP contribution >= 0.6 is 11.8 Å². The molecule has 0 aromatic carbocycles. The third kappa shape index (κ3) is 3.64. The summed E-state index contributed by atoms with van der Waals surface area (Å²) in [6, 6.07) is 1.97. The zero-order chi connectivity index (χ0) is 18.2. The van der Waals surface area contributed by atoms with Crippen LogP contribution < -0.4 is 5.56 Å². The highest BCUT2D eigenvalue weighted by Crippen LogP contribution is 2.28. The molecule has 0 aliphatic carbocycles. The Bertz CT molecular complexity index is 894. The lowest BCUT2D eigenvalue weighted by molar-refractivity contribution is 0.217. The number of nitriles is 1. The van der Waals surface area contributed by atoms with Crippen molar-refractivity contribution in [3.8, 4) is 17.3 Å². The molecule has 138 valence electrons. The van der Waals surface area contributed by atoms with Crippen molar-refractivity contribution in [1.29, 1.82) is 5.26 Å². The molecule has 0 saturated carbocycles. The standard InChI is InChI=1S/C17H19N5O2S.CH4/c1-17(2,3)15-19-5-11(6-20-15)13-12(4-18)14(24)22-7-10(8-23)9-25-16(22)21-13;/h5-6,10,23H,7-9H2,1-3H3;1H4. The molecule has 0 spiro atoms. The second kappa shape index (κ2) is 7.56. The van der Waals surface area contributed by atoms with Crippen LogP contribution in [-0.4, -0.2) is 37.0 Å². The number of thioether (sulfide) groups is 1. The average Bonchev–Trinajstić information content (AvgIpc) is 2.60. The first-order valence-corrected chi connectivity index (χ1v) is 8.95. The maximum absolute atomic E-state index is 12.7. The van der Waals surface area contributed by atoms with Crippen molar-refractivity contribution in [3.05, 3.63) is 34.1 Å². The fourth-order valence-corrected chi connectivity index (χ4v) is 3.63. The minimum atomic E-state index is -0.381. The fourth-order valence-electron chi connectivity index (χ4n) is 2.57. The average molecular weight is 373 g/mol. The van der Waals surface area contributed by atoms with E-state index < -0.39 is 0 Å². The van der Waals surface area contributed by atoms with Gasteiger partial charge in [-0.25, -0.2) is 15.0 Å². The number of aliphatic hydroxyl groups excluding tert-OH is 1. The summed E-state index contributed by atoms with van der Waals surface area (Å²) in [5.41, 5.74) is 0.279. The summed E-state index contributed by atoms with van der Waals surface area (Å²) >= 11 is 1.41. The second-order valence-corrected chi connectivity index (χ2v) is 8.04. The van der Waals surface area contributed by atoms with E-state index in [2.05, 4.69) is 15.0 Å². The number of nitrogens with zero attached hydrogens (tertiary/aromatic N) is 5. The first-order chi connectivity index (χ1) is 11.8. The normalized spacial score (nSPS) is 16.3. The van der Waals surface area contributed by atoms with Crippen molar-refractivity contribution < 1.29 is 5.11 Å². The summed E-state index contributed by atoms with van der Waals surface area (Å²) in [4.78, 5) is 25.9. The van der Waals surface area contributed by atoms with Gasteiger partial charge in [0.1, 0.15) is 17.5 Å². The Morgan fingerprint density at radius 1 is 1.38 bits per heavy atom. The van der Waals surface area contributed by atoms with E-state index >= 15 is 0 Å². The van der Waals surface area contributed by atoms with Crippen LogP contribution in [0.25, 0.3) is 11.3 Å². The van der Waals surface area contributed by atoms with Crippen LogP contribution in [0.4, 0.5) is 0 Å². The van der Waals surface area contributed by atoms with Crippen molar-refractivity contribution in [2.24, 2.45) is 5.92 Å². The number of aromatic nitrogens is 4. The smallest absolute Gasteiger partial charge is 0.272 e. The summed E-state index contributed by atoms with van der Waals surface area (Å²) in [5, 5.41) is 19.4. The van der Waals surface area contributed by atoms with Crippen molar-refractivity contribution in [2.45, 2.75) is 45.3 Å². The maximum Gasteiger partial charge on any atom is 0.272 e. The van der Waals surface area contributed by atoms with Crippen molar-refractivity contribution >= 4 is 11.8 Å². The molecule has 1 N–H and O–H groups in total. The molecule has 7 nitrogen and oxygen atoms in total. The molecular formula is C18H23N5O2S. The molecule has 0 saturated heterocycles. The van der Waals surface area contributed by atoms with Gasteiger partial charge in [-0.2, -0.15) is 5.26 Å². The van der Waals surface area contributed by atoms with E-state index in [0.717, 1.165) is 0 Å². The molecule has 0 fully saturated rings. The highest BCUT2D eigenvalue weighted by Gasteiger charge is 2.25. The lowest BCUT2D eigenvalue weighted by Crippen LogP contribution is -2.34. The van der Waals surface area contributed by atoms with E-state index in [1.165, 1.54) is 16.3 Å². The summed E-state index contributed by atoms with van der Waals surface area (Å²) < 4.78 is 1.47. The van der Waals surface area contributed by atoms with Gasteiger partial charge in [-0.3, -0.25) is 9.36 Å². The number of aliphatic hydroxyl groups is 1. The van der Waals surface area contributed by atoms with Gasteiger partial charge in [-0.1, -0.05) is 40.0 Å². The predicted octanol–water partition coefficient (Wildman–Crippen LogP) is 2.22. The molecule has 0 bridgehead atoms. The molecule has 1 aliphatic rings. The van der Waals surface area contributed by atoms with E-state index in [1.807, 2.05) is 26.8 Å². The minimum absolute atomic E-state index is 0. The molecule has 0 amide bonds. The third-order valence-electron chi connectivity index (χ3n) is 3.99. The van der Waals surface area contributed by atoms with E-state index in [9.17, 15) is 15.2 Å². The van der Waals surface area contributed by atoms with Gasteiger partial charge in [0.05, 0.1) is 5.69 Å². The predicted molar refractivity (Wildman–Crippen MR) is 101 cm³/mol. The van der Waals surface area contributed by atoms with Crippen molar-refractivity contribution in [1.82, 2.24) is 19.5 Å². The van der Waals surface area contributed by atoms with Gasteiger partial charge in [-0.05, 0) is 0 Å². The third-order valence-corrected chi connectivity index (χ3v) is 5.20. The van der Waals surface area contributed by atoms with Gasteiger partial charge in [0, 0.05) is 48.2 Å². The number of rotatable bonds is 2. The van der Waals surface area contributed by atoms with Gasteiger partial charge in [0.15, 0.2) is 5.16 Å². The lowest BCUT2D eigenvalue weighted by Gasteiger charge is -2.24. The van der Waals surface area contributed by atoms with Gasteiger partial charge in [-0.15, -0.1) is 0 Å². The number of hydrogen-bond acceptors (Lipinski definition) is 7. The molecule has 26 heavy (non-hydrogen) atoms. The van der Waals surface area contributed by atoms with Crippen LogP contribution in [0.3, 0.4) is 0 Å². The molecule has 2 aromatic heterocycles. The van der Waals surface area contributed by atoms with Crippen LogP contribution in [0, 0.1) is 17.2 Å². The second-order valence-electron chi connectivity index (χ2n) is 7.05. The number of fused-ring (bicyclic) bond motifs is 1. The molecule has 3 heterocycles. The minimum Gasteiger partial charge on any atom is -0.396 e. The molecule has 2 aromatic rings. The van der Waals surface area contributed by atoms with Crippen LogP contribution in [0.1, 0.15) is 39.6 Å². The summed E-state index contributed by atoms with van der Waals surface area (Å²) in [6.07, 6.45) is 3.22. The SMILES string of the molecule is C.CC(C)(C)c1ncc(-c2nc3n(c(=O)c2C#N)CC(CO)CS3)cn1. The molecule has 1 aliphatic heterocycles. The summed E-state index contributed by atoms with van der Waals surface area (Å²) in [7, 11) is 0. The number of hydrogen-bond donors (Lipinski definition) is 1. The zero-order valence-electron chi connectivity index (χ0n) is 14.4. The Balaban J connectivity index is 0.00000243. The van der Waals surface area contributed by atoms with Crippen LogP contribution in [-0.2, 0) is 12.0 Å². The Morgan fingerprint density at radius 3 is 2.58 bits per heavy atom. The molecule has 1 unspecified atom stereocenters. The molecule has 8 heteroatoms. The van der Waals surface area contributed by atoms with Crippen LogP contribution in [0.2, 0.25) is 0 Å². The highest BCUT2D eigenvalue weighted by atomic mass is 32.2. The van der Waals surface area contributed by atoms with Crippen molar-refractivity contribution in [2.75, 3.05) is 12.4 Å². The van der Waals surface area contributed by atoms with Crippen LogP contribution in [0.5, 0.6) is 0 Å².